The average molecular weight is 269 g/mol. The highest BCUT2D eigenvalue weighted by Gasteiger charge is 2.19. The molecule has 0 atom stereocenters. The molecule has 2 heterocycles. The molecule has 96 valence electrons. The summed E-state index contributed by atoms with van der Waals surface area (Å²) < 4.78 is 32.5. The molecule has 2 aromatic heterocycles. The Kier molecular flexibility index (Phi) is 3.30. The third-order valence-electron chi connectivity index (χ3n) is 2.32. The number of furan rings is 1. The van der Waals surface area contributed by atoms with Gasteiger partial charge in [-0.15, -0.1) is 0 Å². The van der Waals surface area contributed by atoms with Crippen LogP contribution in [0.5, 0.6) is 0 Å². The van der Waals surface area contributed by atoms with Gasteiger partial charge in [0.25, 0.3) is 10.0 Å². The topological polar surface area (TPSA) is 94.2 Å². The fraction of sp³-hybridized carbons (Fsp3) is 0.200. The second kappa shape index (κ2) is 4.75. The van der Waals surface area contributed by atoms with Crippen LogP contribution < -0.4 is 4.72 Å². The van der Waals surface area contributed by atoms with Crippen LogP contribution >= 0.6 is 0 Å². The Morgan fingerprint density at radius 3 is 2.83 bits per heavy atom. The normalized spacial score (nSPS) is 11.6. The summed E-state index contributed by atoms with van der Waals surface area (Å²) in [6, 6.07) is 2.52. The van der Waals surface area contributed by atoms with Gasteiger partial charge in [-0.05, 0) is 12.1 Å². The number of hydrogen-bond acceptors (Lipinski definition) is 5. The number of carbonyl (C=O) groups is 1. The molecule has 0 fully saturated rings. The van der Waals surface area contributed by atoms with E-state index in [0.29, 0.717) is 12.1 Å². The molecule has 2 rings (SSSR count). The van der Waals surface area contributed by atoms with Crippen molar-refractivity contribution in [3.05, 3.63) is 36.1 Å². The van der Waals surface area contributed by atoms with Gasteiger partial charge in [-0.25, -0.2) is 18.1 Å². The Morgan fingerprint density at radius 1 is 1.50 bits per heavy atom. The fourth-order valence-corrected chi connectivity index (χ4v) is 2.25. The molecule has 0 aliphatic carbocycles. The molecule has 0 aliphatic rings. The van der Waals surface area contributed by atoms with Crippen LogP contribution in [-0.2, 0) is 23.6 Å². The number of aldehydes is 1. The first-order valence-electron chi connectivity index (χ1n) is 5.04. The predicted octanol–water partition coefficient (Wildman–Crippen LogP) is 0.304. The van der Waals surface area contributed by atoms with Crippen LogP contribution in [-0.4, -0.2) is 24.3 Å². The lowest BCUT2D eigenvalue weighted by Crippen LogP contribution is -2.24. The van der Waals surface area contributed by atoms with E-state index in [1.54, 1.807) is 24.0 Å². The number of nitrogens with zero attached hydrogens (tertiary/aromatic N) is 2. The maximum Gasteiger partial charge on any atom is 0.274 e. The van der Waals surface area contributed by atoms with E-state index in [0.717, 1.165) is 0 Å². The molecule has 0 aromatic carbocycles. The summed E-state index contributed by atoms with van der Waals surface area (Å²) in [5.41, 5.74) is 0. The first kappa shape index (κ1) is 12.5. The van der Waals surface area contributed by atoms with E-state index in [9.17, 15) is 13.2 Å². The monoisotopic (exact) mass is 269 g/mol. The molecule has 0 bridgehead atoms. The van der Waals surface area contributed by atoms with E-state index in [2.05, 4.69) is 9.71 Å². The van der Waals surface area contributed by atoms with E-state index in [-0.39, 0.29) is 17.4 Å². The lowest BCUT2D eigenvalue weighted by atomic mass is 10.5. The second-order valence-electron chi connectivity index (χ2n) is 3.55. The van der Waals surface area contributed by atoms with E-state index in [1.165, 1.54) is 12.1 Å². The van der Waals surface area contributed by atoms with Gasteiger partial charge in [0.1, 0.15) is 5.82 Å². The van der Waals surface area contributed by atoms with Gasteiger partial charge in [0.2, 0.25) is 5.09 Å². The summed E-state index contributed by atoms with van der Waals surface area (Å²) in [6.45, 7) is 0.0446. The van der Waals surface area contributed by atoms with Crippen molar-refractivity contribution in [1.82, 2.24) is 14.3 Å². The zero-order valence-electron chi connectivity index (χ0n) is 9.53. The molecular weight excluding hydrogens is 258 g/mol. The highest BCUT2D eigenvalue weighted by Crippen LogP contribution is 2.12. The van der Waals surface area contributed by atoms with Gasteiger partial charge in [-0.3, -0.25) is 4.79 Å². The summed E-state index contributed by atoms with van der Waals surface area (Å²) >= 11 is 0. The fourth-order valence-electron chi connectivity index (χ4n) is 1.34. The maximum atomic E-state index is 11.8. The molecule has 0 amide bonds. The minimum atomic E-state index is -3.77. The zero-order chi connectivity index (χ0) is 13.2. The Bertz CT molecular complexity index is 656. The van der Waals surface area contributed by atoms with Gasteiger partial charge in [-0.1, -0.05) is 0 Å². The third-order valence-corrected chi connectivity index (χ3v) is 3.60. The second-order valence-corrected chi connectivity index (χ2v) is 5.25. The molecule has 0 aliphatic heterocycles. The lowest BCUT2D eigenvalue weighted by Gasteiger charge is -2.04. The summed E-state index contributed by atoms with van der Waals surface area (Å²) in [7, 11) is -2.01. The Labute approximate surface area is 103 Å². The van der Waals surface area contributed by atoms with Crippen LogP contribution in [0.4, 0.5) is 0 Å². The highest BCUT2D eigenvalue weighted by atomic mass is 32.2. The number of carbonyl (C=O) groups excluding carboxylic acids is 1. The van der Waals surface area contributed by atoms with Crippen molar-refractivity contribution >= 4 is 16.3 Å². The number of aromatic nitrogens is 2. The maximum absolute atomic E-state index is 11.8. The Balaban J connectivity index is 2.12. The molecule has 0 saturated heterocycles. The van der Waals surface area contributed by atoms with Crippen molar-refractivity contribution in [3.63, 3.8) is 0 Å². The van der Waals surface area contributed by atoms with Gasteiger partial charge in [0, 0.05) is 19.4 Å². The third kappa shape index (κ3) is 2.49. The van der Waals surface area contributed by atoms with Gasteiger partial charge >= 0.3 is 0 Å². The molecule has 0 radical (unpaired) electrons. The summed E-state index contributed by atoms with van der Waals surface area (Å²) in [5, 5.41) is -0.293. The number of rotatable bonds is 5. The molecule has 8 heteroatoms. The minimum absolute atomic E-state index is 0.0348. The Hall–Kier alpha value is -1.93. The molecule has 0 spiro atoms. The Morgan fingerprint density at radius 2 is 2.28 bits per heavy atom. The average Bonchev–Trinajstić information content (AvgIpc) is 2.95. The lowest BCUT2D eigenvalue weighted by molar-refractivity contribution is 0.109. The molecule has 18 heavy (non-hydrogen) atoms. The van der Waals surface area contributed by atoms with Crippen molar-refractivity contribution in [2.24, 2.45) is 7.05 Å². The smallest absolute Gasteiger partial charge is 0.274 e. The summed E-state index contributed by atoms with van der Waals surface area (Å²) in [5.74, 6) is 0.535. The molecule has 0 saturated carbocycles. The highest BCUT2D eigenvalue weighted by molar-refractivity contribution is 7.89. The van der Waals surface area contributed by atoms with Crippen LogP contribution in [0.1, 0.15) is 16.4 Å². The van der Waals surface area contributed by atoms with Gasteiger partial charge in [0.15, 0.2) is 12.0 Å². The number of imidazole rings is 1. The quantitative estimate of drug-likeness (QED) is 0.788. The van der Waals surface area contributed by atoms with E-state index < -0.39 is 10.0 Å². The van der Waals surface area contributed by atoms with Crippen molar-refractivity contribution in [1.29, 1.82) is 0 Å². The number of sulfonamides is 1. The van der Waals surface area contributed by atoms with Gasteiger partial charge < -0.3 is 8.98 Å². The minimum Gasteiger partial charge on any atom is -0.440 e. The van der Waals surface area contributed by atoms with Gasteiger partial charge in [0.05, 0.1) is 6.54 Å². The van der Waals surface area contributed by atoms with Crippen LogP contribution in [0, 0.1) is 0 Å². The first-order chi connectivity index (χ1) is 8.53. The van der Waals surface area contributed by atoms with Crippen molar-refractivity contribution < 1.29 is 17.6 Å². The van der Waals surface area contributed by atoms with E-state index in [4.69, 9.17) is 4.42 Å². The summed E-state index contributed by atoms with van der Waals surface area (Å²) in [6.07, 6.45) is 3.72. The number of aryl methyl sites for hydroxylation is 1. The molecule has 7 nitrogen and oxygen atoms in total. The van der Waals surface area contributed by atoms with E-state index >= 15 is 0 Å². The van der Waals surface area contributed by atoms with Crippen molar-refractivity contribution in [2.75, 3.05) is 0 Å². The molecule has 2 aromatic rings. The van der Waals surface area contributed by atoms with Crippen LogP contribution in [0.15, 0.2) is 34.0 Å². The molecular formula is C10H11N3O4S. The SMILES string of the molecule is Cn1ccnc1CNS(=O)(=O)c1ccc(C=O)o1. The van der Waals surface area contributed by atoms with Crippen LogP contribution in [0.3, 0.4) is 0 Å². The van der Waals surface area contributed by atoms with Gasteiger partial charge in [-0.2, -0.15) is 0 Å². The van der Waals surface area contributed by atoms with E-state index in [1.807, 2.05) is 0 Å². The van der Waals surface area contributed by atoms with Crippen LogP contribution in [0.2, 0.25) is 0 Å². The number of hydrogen-bond donors (Lipinski definition) is 1. The number of nitrogens with one attached hydrogen (secondary N) is 1. The largest absolute Gasteiger partial charge is 0.440 e. The zero-order valence-corrected chi connectivity index (χ0v) is 10.3. The predicted molar refractivity (Wildman–Crippen MR) is 61.3 cm³/mol. The van der Waals surface area contributed by atoms with Crippen molar-refractivity contribution in [3.8, 4) is 0 Å². The van der Waals surface area contributed by atoms with Crippen LogP contribution in [0.25, 0.3) is 0 Å². The first-order valence-corrected chi connectivity index (χ1v) is 6.52. The van der Waals surface area contributed by atoms with Crippen molar-refractivity contribution in [2.45, 2.75) is 11.6 Å². The molecule has 0 unspecified atom stereocenters. The molecule has 1 N–H and O–H groups in total. The summed E-state index contributed by atoms with van der Waals surface area (Å²) in [4.78, 5) is 14.4. The standard InChI is InChI=1S/C10H11N3O4S/c1-13-5-4-11-9(13)6-12-18(15,16)10-3-2-8(7-14)17-10/h2-5,7,12H,6H2,1H3.